The van der Waals surface area contributed by atoms with Crippen molar-refractivity contribution in [3.05, 3.63) is 77.1 Å². The molecule has 1 saturated heterocycles. The smallest absolute Gasteiger partial charge is 0.378 e. The van der Waals surface area contributed by atoms with Crippen LogP contribution in [0.5, 0.6) is 0 Å². The number of benzene rings is 2. The quantitative estimate of drug-likeness (QED) is 0.572. The number of halogens is 3. The minimum atomic E-state index is -4.74. The van der Waals surface area contributed by atoms with Crippen molar-refractivity contribution < 1.29 is 22.7 Å². The maximum atomic E-state index is 13.9. The van der Waals surface area contributed by atoms with E-state index in [9.17, 15) is 18.0 Å². The van der Waals surface area contributed by atoms with Crippen molar-refractivity contribution >= 4 is 11.6 Å². The molecule has 2 aromatic carbocycles. The molecule has 0 N–H and O–H groups in total. The molecule has 1 aliphatic heterocycles. The van der Waals surface area contributed by atoms with E-state index in [-0.39, 0.29) is 12.2 Å². The molecule has 9 heteroatoms. The lowest BCUT2D eigenvalue weighted by Gasteiger charge is -2.29. The lowest BCUT2D eigenvalue weighted by atomic mass is 10.1. The maximum absolute atomic E-state index is 13.9. The number of aryl methyl sites for hydroxylation is 1. The van der Waals surface area contributed by atoms with Crippen LogP contribution in [0.2, 0.25) is 0 Å². The lowest BCUT2D eigenvalue weighted by molar-refractivity contribution is -0.143. The minimum absolute atomic E-state index is 0.176. The largest absolute Gasteiger partial charge is 0.434 e. The normalized spacial score (nSPS) is 14.4. The van der Waals surface area contributed by atoms with Gasteiger partial charge in [0.2, 0.25) is 0 Å². The number of morpholine rings is 1. The van der Waals surface area contributed by atoms with Gasteiger partial charge in [-0.05, 0) is 36.8 Å². The summed E-state index contributed by atoms with van der Waals surface area (Å²) in [5, 5.41) is 3.89. The summed E-state index contributed by atoms with van der Waals surface area (Å²) in [5.41, 5.74) is 1.47. The van der Waals surface area contributed by atoms with Gasteiger partial charge in [0.25, 0.3) is 5.91 Å². The van der Waals surface area contributed by atoms with Gasteiger partial charge in [-0.15, -0.1) is 0 Å². The number of carbonyl (C=O) groups is 1. The Morgan fingerprint density at radius 1 is 1.03 bits per heavy atom. The van der Waals surface area contributed by atoms with Gasteiger partial charge >= 0.3 is 6.18 Å². The molecular formula is C24H25F3N4O2. The number of hydrogen-bond donors (Lipinski definition) is 0. The first kappa shape index (κ1) is 22.8. The molecule has 2 heterocycles. The Labute approximate surface area is 190 Å². The molecule has 0 spiro atoms. The third-order valence-electron chi connectivity index (χ3n) is 5.63. The molecule has 0 bridgehead atoms. The summed E-state index contributed by atoms with van der Waals surface area (Å²) in [4.78, 5) is 16.5. The van der Waals surface area contributed by atoms with Gasteiger partial charge in [0.05, 0.1) is 30.7 Å². The summed E-state index contributed by atoms with van der Waals surface area (Å²) in [6.45, 7) is 4.99. The molecule has 3 aromatic rings. The molecule has 0 saturated carbocycles. The average molecular weight is 458 g/mol. The standard InChI is InChI=1S/C24H25F3N4O2/c1-17-3-7-20(8-4-17)31-22(24(25,26)27)21(15-28-31)23(32)29(2)16-18-5-9-19(10-6-18)30-11-13-33-14-12-30/h3-10,15H,11-14,16H2,1-2H3. The van der Waals surface area contributed by atoms with Crippen LogP contribution in [0.3, 0.4) is 0 Å². The van der Waals surface area contributed by atoms with Gasteiger partial charge < -0.3 is 14.5 Å². The molecule has 1 aromatic heterocycles. The summed E-state index contributed by atoms with van der Waals surface area (Å²) in [5.74, 6) is -0.738. The molecule has 1 aliphatic rings. The maximum Gasteiger partial charge on any atom is 0.434 e. The Bertz CT molecular complexity index is 1100. The number of nitrogens with zero attached hydrogens (tertiary/aromatic N) is 4. The van der Waals surface area contributed by atoms with E-state index < -0.39 is 23.3 Å². The Morgan fingerprint density at radius 2 is 1.64 bits per heavy atom. The monoisotopic (exact) mass is 458 g/mol. The summed E-state index contributed by atoms with van der Waals surface area (Å²) in [7, 11) is 1.49. The van der Waals surface area contributed by atoms with Gasteiger partial charge in [0, 0.05) is 32.4 Å². The Morgan fingerprint density at radius 3 is 2.24 bits per heavy atom. The first-order chi connectivity index (χ1) is 15.7. The highest BCUT2D eigenvalue weighted by molar-refractivity contribution is 5.95. The minimum Gasteiger partial charge on any atom is -0.378 e. The fourth-order valence-corrected chi connectivity index (χ4v) is 3.84. The Hall–Kier alpha value is -3.33. The van der Waals surface area contributed by atoms with E-state index in [1.807, 2.05) is 31.2 Å². The third kappa shape index (κ3) is 5.03. The number of anilines is 1. The van der Waals surface area contributed by atoms with E-state index in [2.05, 4.69) is 10.00 Å². The molecular weight excluding hydrogens is 433 g/mol. The molecule has 6 nitrogen and oxygen atoms in total. The first-order valence-electron chi connectivity index (χ1n) is 10.6. The van der Waals surface area contributed by atoms with Crippen molar-refractivity contribution in [3.63, 3.8) is 0 Å². The van der Waals surface area contributed by atoms with Crippen LogP contribution >= 0.6 is 0 Å². The van der Waals surface area contributed by atoms with Crippen LogP contribution in [0.1, 0.15) is 27.2 Å². The SMILES string of the molecule is Cc1ccc(-n2ncc(C(=O)N(C)Cc3ccc(N4CCOCC4)cc3)c2C(F)(F)F)cc1. The number of hydrogen-bond acceptors (Lipinski definition) is 4. The second kappa shape index (κ2) is 9.27. The van der Waals surface area contributed by atoms with Gasteiger partial charge in [-0.3, -0.25) is 4.79 Å². The van der Waals surface area contributed by atoms with Gasteiger partial charge in [0.15, 0.2) is 5.69 Å². The van der Waals surface area contributed by atoms with Crippen LogP contribution in [-0.4, -0.2) is 53.9 Å². The van der Waals surface area contributed by atoms with E-state index in [1.54, 1.807) is 24.3 Å². The fourth-order valence-electron chi connectivity index (χ4n) is 3.84. The predicted molar refractivity (Wildman–Crippen MR) is 119 cm³/mol. The van der Waals surface area contributed by atoms with Crippen molar-refractivity contribution in [1.29, 1.82) is 0 Å². The van der Waals surface area contributed by atoms with Gasteiger partial charge in [-0.1, -0.05) is 29.8 Å². The molecule has 174 valence electrons. The van der Waals surface area contributed by atoms with Crippen molar-refractivity contribution in [2.45, 2.75) is 19.6 Å². The molecule has 0 aliphatic carbocycles. The first-order valence-corrected chi connectivity index (χ1v) is 10.6. The highest BCUT2D eigenvalue weighted by Crippen LogP contribution is 2.34. The molecule has 4 rings (SSSR count). The molecule has 0 atom stereocenters. The van der Waals surface area contributed by atoms with Crippen LogP contribution in [0, 0.1) is 6.92 Å². The number of ether oxygens (including phenoxy) is 1. The van der Waals surface area contributed by atoms with Crippen molar-refractivity contribution in [2.24, 2.45) is 0 Å². The van der Waals surface area contributed by atoms with E-state index in [1.165, 1.54) is 11.9 Å². The number of rotatable bonds is 5. The topological polar surface area (TPSA) is 50.6 Å². The van der Waals surface area contributed by atoms with E-state index >= 15 is 0 Å². The summed E-state index contributed by atoms with van der Waals surface area (Å²) in [6, 6.07) is 14.2. The number of amides is 1. The molecule has 1 fully saturated rings. The van der Waals surface area contributed by atoms with Crippen molar-refractivity contribution in [1.82, 2.24) is 14.7 Å². The molecule has 0 unspecified atom stereocenters. The van der Waals surface area contributed by atoms with Crippen molar-refractivity contribution in [3.8, 4) is 5.69 Å². The summed E-state index contributed by atoms with van der Waals surface area (Å²) < 4.78 is 47.9. The lowest BCUT2D eigenvalue weighted by Crippen LogP contribution is -2.36. The Balaban J connectivity index is 1.54. The molecule has 33 heavy (non-hydrogen) atoms. The summed E-state index contributed by atoms with van der Waals surface area (Å²) in [6.07, 6.45) is -3.75. The van der Waals surface area contributed by atoms with E-state index in [4.69, 9.17) is 4.74 Å². The van der Waals surface area contributed by atoms with Gasteiger partial charge in [-0.25, -0.2) is 4.68 Å². The van der Waals surface area contributed by atoms with Crippen molar-refractivity contribution in [2.75, 3.05) is 38.3 Å². The average Bonchev–Trinajstić information content (AvgIpc) is 3.26. The van der Waals surface area contributed by atoms with Crippen LogP contribution in [-0.2, 0) is 17.5 Å². The van der Waals surface area contributed by atoms with E-state index in [0.717, 1.165) is 40.8 Å². The fraction of sp³-hybridized carbons (Fsp3) is 0.333. The number of aromatic nitrogens is 2. The summed E-state index contributed by atoms with van der Waals surface area (Å²) >= 11 is 0. The zero-order valence-corrected chi connectivity index (χ0v) is 18.5. The Kier molecular flexibility index (Phi) is 6.42. The van der Waals surface area contributed by atoms with Gasteiger partial charge in [0.1, 0.15) is 0 Å². The molecule has 1 amide bonds. The second-order valence-corrected chi connectivity index (χ2v) is 8.08. The third-order valence-corrected chi connectivity index (χ3v) is 5.63. The van der Waals surface area contributed by atoms with E-state index in [0.29, 0.717) is 13.2 Å². The van der Waals surface area contributed by atoms with Crippen LogP contribution in [0.4, 0.5) is 18.9 Å². The predicted octanol–water partition coefficient (Wildman–Crippen LogP) is 4.31. The number of alkyl halides is 3. The van der Waals surface area contributed by atoms with Crippen LogP contribution in [0.25, 0.3) is 5.69 Å². The second-order valence-electron chi connectivity index (χ2n) is 8.08. The highest BCUT2D eigenvalue weighted by atomic mass is 19.4. The van der Waals surface area contributed by atoms with Crippen LogP contribution < -0.4 is 4.90 Å². The van der Waals surface area contributed by atoms with Gasteiger partial charge in [-0.2, -0.15) is 18.3 Å². The zero-order valence-electron chi connectivity index (χ0n) is 18.5. The zero-order chi connectivity index (χ0) is 23.6. The number of carbonyl (C=O) groups excluding carboxylic acids is 1. The highest BCUT2D eigenvalue weighted by Gasteiger charge is 2.41. The van der Waals surface area contributed by atoms with Crippen LogP contribution in [0.15, 0.2) is 54.7 Å². The molecule has 0 radical (unpaired) electrons.